The van der Waals surface area contributed by atoms with Gasteiger partial charge in [-0.25, -0.2) is 4.79 Å². The number of primary amides is 1. The van der Waals surface area contributed by atoms with Crippen LogP contribution in [-0.2, 0) is 4.74 Å². The van der Waals surface area contributed by atoms with Gasteiger partial charge in [0.05, 0.1) is 4.92 Å². The molecule has 1 rings (SSSR count). The van der Waals surface area contributed by atoms with Crippen molar-refractivity contribution in [1.82, 2.24) is 0 Å². The molecule has 0 saturated carbocycles. The number of aryl methyl sites for hydroxylation is 1. The maximum Gasteiger partial charge on any atom is 0.404 e. The van der Waals surface area contributed by atoms with Crippen LogP contribution >= 0.6 is 0 Å². The molecule has 92 valence electrons. The van der Waals surface area contributed by atoms with Gasteiger partial charge in [-0.3, -0.25) is 10.1 Å². The monoisotopic (exact) mass is 239 g/mol. The van der Waals surface area contributed by atoms with Crippen LogP contribution in [0.25, 0.3) is 0 Å². The molecular formula is C10H13N3O4. The van der Waals surface area contributed by atoms with Crippen LogP contribution in [0.2, 0.25) is 0 Å². The summed E-state index contributed by atoms with van der Waals surface area (Å²) in [5.41, 5.74) is 6.18. The summed E-state index contributed by atoms with van der Waals surface area (Å²) in [5.74, 6) is 0. The molecular weight excluding hydrogens is 226 g/mol. The Morgan fingerprint density at radius 1 is 1.53 bits per heavy atom. The number of anilines is 1. The zero-order valence-corrected chi connectivity index (χ0v) is 9.30. The van der Waals surface area contributed by atoms with E-state index in [1.54, 1.807) is 13.0 Å². The lowest BCUT2D eigenvalue weighted by Gasteiger charge is -2.07. The summed E-state index contributed by atoms with van der Waals surface area (Å²) in [5, 5.41) is 13.5. The molecule has 1 aromatic carbocycles. The van der Waals surface area contributed by atoms with Gasteiger partial charge < -0.3 is 15.8 Å². The number of non-ortho nitro benzene ring substituents is 1. The number of nitrogens with two attached hydrogens (primary N) is 1. The SMILES string of the molecule is Cc1cc(NCCOC(N)=O)cc([N+](=O)[O-])c1. The number of carbonyl (C=O) groups excluding carboxylic acids is 1. The molecule has 1 amide bonds. The fourth-order valence-corrected chi connectivity index (χ4v) is 1.32. The molecule has 0 aromatic heterocycles. The highest BCUT2D eigenvalue weighted by molar-refractivity contribution is 5.64. The number of hydrogen-bond donors (Lipinski definition) is 2. The average Bonchev–Trinajstić information content (AvgIpc) is 2.23. The topological polar surface area (TPSA) is 107 Å². The van der Waals surface area contributed by atoms with Crippen molar-refractivity contribution in [2.75, 3.05) is 18.5 Å². The van der Waals surface area contributed by atoms with Gasteiger partial charge in [-0.15, -0.1) is 0 Å². The summed E-state index contributed by atoms with van der Waals surface area (Å²) in [7, 11) is 0. The highest BCUT2D eigenvalue weighted by Gasteiger charge is 2.07. The first kappa shape index (κ1) is 12.8. The average molecular weight is 239 g/mol. The van der Waals surface area contributed by atoms with E-state index in [0.717, 1.165) is 5.56 Å². The Kier molecular flexibility index (Phi) is 4.27. The van der Waals surface area contributed by atoms with Crippen molar-refractivity contribution in [3.63, 3.8) is 0 Å². The van der Waals surface area contributed by atoms with E-state index in [4.69, 9.17) is 5.73 Å². The molecule has 0 atom stereocenters. The lowest BCUT2D eigenvalue weighted by atomic mass is 10.2. The molecule has 0 unspecified atom stereocenters. The Bertz CT molecular complexity index is 434. The zero-order valence-electron chi connectivity index (χ0n) is 9.30. The van der Waals surface area contributed by atoms with Gasteiger partial charge in [-0.2, -0.15) is 0 Å². The van der Waals surface area contributed by atoms with E-state index >= 15 is 0 Å². The summed E-state index contributed by atoms with van der Waals surface area (Å²) < 4.78 is 4.51. The van der Waals surface area contributed by atoms with Gasteiger partial charge >= 0.3 is 6.09 Å². The first-order chi connectivity index (χ1) is 7.99. The van der Waals surface area contributed by atoms with E-state index in [9.17, 15) is 14.9 Å². The standard InChI is InChI=1S/C10H13N3O4/c1-7-4-8(6-9(5-7)13(15)16)12-2-3-17-10(11)14/h4-6,12H,2-3H2,1H3,(H2,11,14). The third-order valence-corrected chi connectivity index (χ3v) is 1.95. The molecule has 0 aliphatic rings. The predicted octanol–water partition coefficient (Wildman–Crippen LogP) is 1.41. The lowest BCUT2D eigenvalue weighted by Crippen LogP contribution is -2.18. The highest BCUT2D eigenvalue weighted by Crippen LogP contribution is 2.20. The molecule has 0 heterocycles. The molecule has 0 bridgehead atoms. The van der Waals surface area contributed by atoms with E-state index < -0.39 is 11.0 Å². The first-order valence-corrected chi connectivity index (χ1v) is 4.91. The number of ether oxygens (including phenoxy) is 1. The van der Waals surface area contributed by atoms with E-state index in [1.165, 1.54) is 12.1 Å². The normalized spacial score (nSPS) is 9.71. The summed E-state index contributed by atoms with van der Waals surface area (Å²) >= 11 is 0. The van der Waals surface area contributed by atoms with E-state index in [1.807, 2.05) is 0 Å². The maximum atomic E-state index is 10.6. The molecule has 0 fully saturated rings. The highest BCUT2D eigenvalue weighted by atomic mass is 16.6. The first-order valence-electron chi connectivity index (χ1n) is 4.91. The number of nitrogens with zero attached hydrogens (tertiary/aromatic N) is 1. The smallest absolute Gasteiger partial charge is 0.404 e. The largest absolute Gasteiger partial charge is 0.448 e. The van der Waals surface area contributed by atoms with Crippen LogP contribution in [-0.4, -0.2) is 24.2 Å². The van der Waals surface area contributed by atoms with Crippen molar-refractivity contribution in [1.29, 1.82) is 0 Å². The molecule has 17 heavy (non-hydrogen) atoms. The van der Waals surface area contributed by atoms with Gasteiger partial charge in [-0.05, 0) is 18.6 Å². The van der Waals surface area contributed by atoms with Crippen LogP contribution in [0, 0.1) is 17.0 Å². The van der Waals surface area contributed by atoms with Gasteiger partial charge in [0.1, 0.15) is 6.61 Å². The van der Waals surface area contributed by atoms with Crippen LogP contribution in [0.1, 0.15) is 5.56 Å². The van der Waals surface area contributed by atoms with Crippen molar-refractivity contribution >= 4 is 17.5 Å². The van der Waals surface area contributed by atoms with Gasteiger partial charge in [-0.1, -0.05) is 0 Å². The molecule has 1 aromatic rings. The molecule has 0 saturated heterocycles. The van der Waals surface area contributed by atoms with E-state index in [2.05, 4.69) is 10.1 Å². The minimum atomic E-state index is -0.845. The van der Waals surface area contributed by atoms with Crippen molar-refractivity contribution in [2.24, 2.45) is 5.73 Å². The van der Waals surface area contributed by atoms with Gasteiger partial charge in [0.15, 0.2) is 0 Å². The second kappa shape index (κ2) is 5.69. The number of hydrogen-bond acceptors (Lipinski definition) is 5. The number of benzene rings is 1. The predicted molar refractivity (Wildman–Crippen MR) is 61.9 cm³/mol. The molecule has 7 nitrogen and oxygen atoms in total. The molecule has 0 aliphatic heterocycles. The van der Waals surface area contributed by atoms with Crippen LogP contribution in [0.4, 0.5) is 16.2 Å². The fraction of sp³-hybridized carbons (Fsp3) is 0.300. The van der Waals surface area contributed by atoms with Crippen LogP contribution in [0.3, 0.4) is 0 Å². The molecule has 3 N–H and O–H groups in total. The minimum Gasteiger partial charge on any atom is -0.448 e. The van der Waals surface area contributed by atoms with E-state index in [0.29, 0.717) is 12.2 Å². The van der Waals surface area contributed by atoms with Crippen LogP contribution < -0.4 is 11.1 Å². The summed E-state index contributed by atoms with van der Waals surface area (Å²) in [6.45, 7) is 2.21. The van der Waals surface area contributed by atoms with Gasteiger partial charge in [0.2, 0.25) is 0 Å². The van der Waals surface area contributed by atoms with Gasteiger partial charge in [0, 0.05) is 24.4 Å². The molecule has 0 radical (unpaired) electrons. The number of carbonyl (C=O) groups is 1. The second-order valence-corrected chi connectivity index (χ2v) is 3.41. The lowest BCUT2D eigenvalue weighted by molar-refractivity contribution is -0.384. The number of nitrogens with one attached hydrogen (secondary N) is 1. The Morgan fingerprint density at radius 2 is 2.24 bits per heavy atom. The van der Waals surface area contributed by atoms with Gasteiger partial charge in [0.25, 0.3) is 5.69 Å². The second-order valence-electron chi connectivity index (χ2n) is 3.41. The van der Waals surface area contributed by atoms with E-state index in [-0.39, 0.29) is 12.3 Å². The quantitative estimate of drug-likeness (QED) is 0.459. The minimum absolute atomic E-state index is 0.0170. The molecule has 0 aliphatic carbocycles. The maximum absolute atomic E-state index is 10.6. The number of rotatable bonds is 5. The summed E-state index contributed by atoms with van der Waals surface area (Å²) in [4.78, 5) is 20.4. The van der Waals surface area contributed by atoms with Crippen molar-refractivity contribution < 1.29 is 14.5 Å². The Labute approximate surface area is 97.7 Å². The van der Waals surface area contributed by atoms with Crippen LogP contribution in [0.5, 0.6) is 0 Å². The van der Waals surface area contributed by atoms with Crippen molar-refractivity contribution in [2.45, 2.75) is 6.92 Å². The number of nitro groups is 1. The third kappa shape index (κ3) is 4.37. The molecule has 0 spiro atoms. The Hall–Kier alpha value is -2.31. The fourth-order valence-electron chi connectivity index (χ4n) is 1.32. The zero-order chi connectivity index (χ0) is 12.8. The summed E-state index contributed by atoms with van der Waals surface area (Å²) in [6, 6.07) is 4.65. The Balaban J connectivity index is 2.59. The van der Waals surface area contributed by atoms with Crippen molar-refractivity contribution in [3.05, 3.63) is 33.9 Å². The molecule has 7 heteroatoms. The number of nitro benzene ring substituents is 1. The number of amides is 1. The Morgan fingerprint density at radius 3 is 2.82 bits per heavy atom. The summed E-state index contributed by atoms with van der Waals surface area (Å²) in [6.07, 6.45) is -0.845. The van der Waals surface area contributed by atoms with Crippen molar-refractivity contribution in [3.8, 4) is 0 Å². The van der Waals surface area contributed by atoms with Crippen LogP contribution in [0.15, 0.2) is 18.2 Å². The third-order valence-electron chi connectivity index (χ3n) is 1.95.